The molecule has 0 radical (unpaired) electrons. The molecule has 0 saturated carbocycles. The molecule has 9 heteroatoms. The van der Waals surface area contributed by atoms with Gasteiger partial charge in [0.05, 0.1) is 13.2 Å². The fourth-order valence-corrected chi connectivity index (χ4v) is 13.5. The molecule has 186 valence electrons. The molecule has 0 spiro atoms. The third-order valence-electron chi connectivity index (χ3n) is 4.90. The first-order valence-electron chi connectivity index (χ1n) is 11.8. The first kappa shape index (κ1) is 30.7. The lowest BCUT2D eigenvalue weighted by Crippen LogP contribution is -2.57. The lowest BCUT2D eigenvalue weighted by Gasteiger charge is -2.36. The fraction of sp³-hybridized carbons (Fsp3) is 0.739. The van der Waals surface area contributed by atoms with Gasteiger partial charge in [0.25, 0.3) is 0 Å². The zero-order valence-electron chi connectivity index (χ0n) is 20.9. The predicted molar refractivity (Wildman–Crippen MR) is 132 cm³/mol. The Bertz CT molecular complexity index is 559. The average molecular weight is 489 g/mol. The molecule has 0 fully saturated rings. The van der Waals surface area contributed by atoms with Gasteiger partial charge >= 0.3 is 11.9 Å². The Morgan fingerprint density at radius 3 is 1.81 bits per heavy atom. The maximum absolute atomic E-state index is 11.5. The van der Waals surface area contributed by atoms with Crippen LogP contribution >= 0.6 is 0 Å². The molecule has 0 heterocycles. The number of hydrogen-bond acceptors (Lipinski definition) is 7. The van der Waals surface area contributed by atoms with Crippen LogP contribution in [0.15, 0.2) is 24.3 Å². The molecule has 32 heavy (non-hydrogen) atoms. The molecule has 0 N–H and O–H groups in total. The van der Waals surface area contributed by atoms with Crippen LogP contribution in [0.3, 0.4) is 0 Å². The van der Waals surface area contributed by atoms with Crippen molar-refractivity contribution in [3.05, 3.63) is 24.3 Å². The SMILES string of the molecule is CC=CC(=O)OCCCCCO[Si](C)(C)[SiH](CCCOC(=O)C=CC)C(OCC)OCC. The molecule has 0 aromatic carbocycles. The molecule has 0 bridgehead atoms. The van der Waals surface area contributed by atoms with Gasteiger partial charge in [-0.25, -0.2) is 9.59 Å². The van der Waals surface area contributed by atoms with Crippen molar-refractivity contribution < 1.29 is 33.0 Å². The Morgan fingerprint density at radius 2 is 1.31 bits per heavy atom. The van der Waals surface area contributed by atoms with Crippen LogP contribution in [-0.2, 0) is 33.0 Å². The van der Waals surface area contributed by atoms with Crippen LogP contribution in [-0.4, -0.2) is 67.0 Å². The maximum atomic E-state index is 11.5. The number of rotatable bonds is 19. The number of ether oxygens (including phenoxy) is 4. The first-order chi connectivity index (χ1) is 15.3. The zero-order chi connectivity index (χ0) is 24.2. The summed E-state index contributed by atoms with van der Waals surface area (Å²) in [6.45, 7) is 14.8. The van der Waals surface area contributed by atoms with E-state index in [9.17, 15) is 9.59 Å². The van der Waals surface area contributed by atoms with Gasteiger partial charge in [0.2, 0.25) is 0 Å². The van der Waals surface area contributed by atoms with E-state index in [2.05, 4.69) is 13.1 Å². The second-order valence-electron chi connectivity index (χ2n) is 7.88. The molecular weight excluding hydrogens is 444 g/mol. The highest BCUT2D eigenvalue weighted by Crippen LogP contribution is 2.21. The molecule has 0 aromatic heterocycles. The summed E-state index contributed by atoms with van der Waals surface area (Å²) in [6, 6.07) is 0.938. The number of esters is 2. The summed E-state index contributed by atoms with van der Waals surface area (Å²) in [4.78, 5) is 22.9. The minimum atomic E-state index is -2.02. The van der Waals surface area contributed by atoms with E-state index in [1.807, 2.05) is 13.8 Å². The van der Waals surface area contributed by atoms with Gasteiger partial charge < -0.3 is 23.4 Å². The monoisotopic (exact) mass is 488 g/mol. The standard InChI is InChI=1S/C23H44O7Si2/c1-7-15-21(24)28-17-12-11-13-19-30-32(5,6)31(23(26-9-3)27-10-4)20-14-18-29-22(25)16-8-2/h7-8,15-16,23,31H,9-14,17-20H2,1-6H3. The number of hydrogen-bond donors (Lipinski definition) is 0. The van der Waals surface area contributed by atoms with Crippen LogP contribution in [0, 0.1) is 0 Å². The van der Waals surface area contributed by atoms with Crippen molar-refractivity contribution in [3.8, 4) is 0 Å². The van der Waals surface area contributed by atoms with Crippen LogP contribution < -0.4 is 0 Å². The first-order valence-corrected chi connectivity index (χ1v) is 18.0. The number of carbonyl (C=O) groups is 2. The molecule has 0 aliphatic heterocycles. The van der Waals surface area contributed by atoms with Gasteiger partial charge in [-0.1, -0.05) is 18.2 Å². The maximum Gasteiger partial charge on any atom is 0.330 e. The van der Waals surface area contributed by atoms with Crippen molar-refractivity contribution in [3.63, 3.8) is 0 Å². The summed E-state index contributed by atoms with van der Waals surface area (Å²) in [5.74, 6) is -0.787. The van der Waals surface area contributed by atoms with Crippen molar-refractivity contribution in [2.24, 2.45) is 0 Å². The molecule has 1 atom stereocenters. The fourth-order valence-electron chi connectivity index (χ4n) is 3.26. The zero-order valence-corrected chi connectivity index (χ0v) is 23.0. The van der Waals surface area contributed by atoms with Crippen LogP contribution in [0.25, 0.3) is 0 Å². The smallest absolute Gasteiger partial charge is 0.330 e. The van der Waals surface area contributed by atoms with Crippen molar-refractivity contribution >= 4 is 28.1 Å². The molecule has 0 saturated heterocycles. The Hall–Kier alpha value is -1.27. The Balaban J connectivity index is 4.66. The van der Waals surface area contributed by atoms with Gasteiger partial charge in [0.15, 0.2) is 7.83 Å². The number of unbranched alkanes of at least 4 members (excludes halogenated alkanes) is 2. The minimum Gasteiger partial charge on any atom is -0.463 e. The molecule has 1 unspecified atom stereocenters. The summed E-state index contributed by atoms with van der Waals surface area (Å²) in [6.07, 6.45) is 9.69. The molecule has 0 aliphatic carbocycles. The van der Waals surface area contributed by atoms with Gasteiger partial charge in [0, 0.05) is 32.0 Å². The van der Waals surface area contributed by atoms with E-state index >= 15 is 0 Å². The summed E-state index contributed by atoms with van der Waals surface area (Å²) < 4.78 is 28.8. The number of carbonyl (C=O) groups excluding carboxylic acids is 2. The van der Waals surface area contributed by atoms with E-state index in [4.69, 9.17) is 23.4 Å². The topological polar surface area (TPSA) is 80.3 Å². The summed E-state index contributed by atoms with van der Waals surface area (Å²) in [7, 11) is -3.59. The van der Waals surface area contributed by atoms with Crippen LogP contribution in [0.1, 0.15) is 53.4 Å². The summed E-state index contributed by atoms with van der Waals surface area (Å²) >= 11 is 0. The largest absolute Gasteiger partial charge is 0.463 e. The highest BCUT2D eigenvalue weighted by Gasteiger charge is 2.41. The van der Waals surface area contributed by atoms with Crippen molar-refractivity contribution in [2.75, 3.05) is 33.0 Å². The van der Waals surface area contributed by atoms with Crippen LogP contribution in [0.4, 0.5) is 0 Å². The van der Waals surface area contributed by atoms with Crippen molar-refractivity contribution in [1.82, 2.24) is 0 Å². The second-order valence-corrected chi connectivity index (χ2v) is 20.1. The number of allylic oxidation sites excluding steroid dienone is 2. The third kappa shape index (κ3) is 14.7. The van der Waals surface area contributed by atoms with Crippen molar-refractivity contribution in [2.45, 2.75) is 78.4 Å². The summed E-state index contributed by atoms with van der Waals surface area (Å²) in [5.41, 5.74) is 0. The highest BCUT2D eigenvalue weighted by molar-refractivity contribution is 7.29. The van der Waals surface area contributed by atoms with Gasteiger partial charge in [-0.3, -0.25) is 0 Å². The average Bonchev–Trinajstić information content (AvgIpc) is 2.73. The molecule has 0 aromatic rings. The highest BCUT2D eigenvalue weighted by atomic mass is 29.2. The quantitative estimate of drug-likeness (QED) is 0.0884. The van der Waals surface area contributed by atoms with Crippen LogP contribution in [0.5, 0.6) is 0 Å². The van der Waals surface area contributed by atoms with E-state index in [1.165, 1.54) is 12.2 Å². The molecule has 7 nitrogen and oxygen atoms in total. The third-order valence-corrected chi connectivity index (χ3v) is 17.2. The van der Waals surface area contributed by atoms with Gasteiger partial charge in [-0.15, -0.1) is 0 Å². The van der Waals surface area contributed by atoms with Crippen molar-refractivity contribution in [1.29, 1.82) is 0 Å². The van der Waals surface area contributed by atoms with E-state index in [1.54, 1.807) is 26.0 Å². The van der Waals surface area contributed by atoms with E-state index in [-0.39, 0.29) is 17.9 Å². The van der Waals surface area contributed by atoms with E-state index < -0.39 is 16.1 Å². The lowest BCUT2D eigenvalue weighted by atomic mass is 10.2. The molecule has 0 amide bonds. The summed E-state index contributed by atoms with van der Waals surface area (Å²) in [5, 5.41) is 0. The van der Waals surface area contributed by atoms with Gasteiger partial charge in [-0.05, 0) is 66.5 Å². The second kappa shape index (κ2) is 19.2. The Labute approximate surface area is 197 Å². The van der Waals surface area contributed by atoms with Gasteiger partial charge in [-0.2, -0.15) is 0 Å². The van der Waals surface area contributed by atoms with E-state index in [0.717, 1.165) is 31.7 Å². The molecular formula is C23H44O7Si2. The lowest BCUT2D eigenvalue weighted by molar-refractivity contribution is -0.138. The molecule has 0 rings (SSSR count). The van der Waals surface area contributed by atoms with E-state index in [0.29, 0.717) is 33.0 Å². The Kier molecular flexibility index (Phi) is 18.5. The normalized spacial score (nSPS) is 13.2. The van der Waals surface area contributed by atoms with Crippen LogP contribution in [0.2, 0.25) is 19.1 Å². The molecule has 0 aliphatic rings. The minimum absolute atomic E-state index is 0.191. The van der Waals surface area contributed by atoms with Gasteiger partial charge in [0.1, 0.15) is 14.2 Å². The predicted octanol–water partition coefficient (Wildman–Crippen LogP) is 4.25. The Morgan fingerprint density at radius 1 is 0.812 bits per heavy atom.